The van der Waals surface area contributed by atoms with Gasteiger partial charge >= 0.3 is 232 Å². The maximum Gasteiger partial charge on any atom is -0.153 e. The molecule has 9 rings (SSSR count). The topological polar surface area (TPSA) is 112 Å². The molecule has 312 valence electrons. The molecular weight excluding hydrogens is 997 g/mol. The van der Waals surface area contributed by atoms with Crippen molar-refractivity contribution in [3.8, 4) is 38.3 Å². The molecule has 0 radical (unpaired) electrons. The van der Waals surface area contributed by atoms with Crippen LogP contribution in [0, 0.1) is 21.0 Å². The number of halogens is 3. The maximum atomic E-state index is 17.6. The van der Waals surface area contributed by atoms with Gasteiger partial charge in [-0.2, -0.15) is 9.90 Å². The van der Waals surface area contributed by atoms with Gasteiger partial charge < -0.3 is 18.2 Å². The minimum atomic E-state index is -0.965. The molecule has 1 amide bonds. The summed E-state index contributed by atoms with van der Waals surface area (Å²) in [5.41, 5.74) is -1.11. The second-order valence-corrected chi connectivity index (χ2v) is 17.6. The second-order valence-electron chi connectivity index (χ2n) is 16.5. The van der Waals surface area contributed by atoms with Crippen LogP contribution in [-0.2, 0) is 23.0 Å². The van der Waals surface area contributed by atoms with E-state index in [1.807, 2.05) is 25.7 Å². The summed E-state index contributed by atoms with van der Waals surface area (Å²) in [6, 6.07) is 5.26. The van der Waals surface area contributed by atoms with Gasteiger partial charge in [-0.3, -0.25) is 9.80 Å². The van der Waals surface area contributed by atoms with Gasteiger partial charge in [-0.25, -0.2) is 9.18 Å². The Hall–Kier alpha value is -3.37. The fraction of sp³-hybridized carbons (Fsp3) is 0.512. The van der Waals surface area contributed by atoms with Crippen LogP contribution < -0.4 is 19.1 Å². The molecule has 5 aliphatic rings. The van der Waals surface area contributed by atoms with Crippen molar-refractivity contribution in [1.29, 1.82) is 0 Å². The normalized spacial score (nSPS) is 24.2. The van der Waals surface area contributed by atoms with Crippen molar-refractivity contribution < 1.29 is 41.7 Å². The fourth-order valence-electron chi connectivity index (χ4n) is 9.56. The van der Waals surface area contributed by atoms with Crippen LogP contribution >= 0.6 is 9.90 Å². The summed E-state index contributed by atoms with van der Waals surface area (Å²) in [7, 11) is 1.49. The quantitative estimate of drug-likeness (QED) is 0.0568. The number of fused-ring (bicyclic) bond motifs is 7. The van der Waals surface area contributed by atoms with E-state index in [4.69, 9.17) is 38.6 Å². The second kappa shape index (κ2) is 16.8. The standard InChI is InChI=1S/C41H42F3N6O6.H3P.H2S.Tl/c1-6-26-28(43)10-8-22-14-25(55-21-52-5)15-27(31(22)26)34-33(44)35-32-36(47-38(46-35)54-20-41-12-7-13-48(41)17-23(42)16-41)49-18-24-9-11-29(30(49)19-53-37(32)45-34)50(24)39(51)56-40(2,3)4;;;/h8,10,14-15,23-24,29-30H,7,9,11-13,16-21H2,2-5H3;1H3;1H2;/p-1. The number of alkyl halides is 1. The molecule has 0 aliphatic carbocycles. The number of thiol groups is 1. The molecule has 5 aliphatic heterocycles. The van der Waals surface area contributed by atoms with E-state index in [2.05, 4.69) is 19.2 Å². The summed E-state index contributed by atoms with van der Waals surface area (Å²) >= 11 is 0.263. The first-order chi connectivity index (χ1) is 27.4. The molecule has 4 saturated heterocycles. The van der Waals surface area contributed by atoms with E-state index in [9.17, 15) is 9.18 Å². The zero-order valence-electron chi connectivity index (χ0n) is 33.4. The predicted octanol–water partition coefficient (Wildman–Crippen LogP) is 5.68. The molecule has 4 aromatic rings. The van der Waals surface area contributed by atoms with E-state index in [0.717, 1.165) is 25.8 Å². The molecule has 6 atom stereocenters. The van der Waals surface area contributed by atoms with E-state index < -0.39 is 41.1 Å². The maximum absolute atomic E-state index is 17.6. The average Bonchev–Trinajstić information content (AvgIpc) is 3.78. The first-order valence-electron chi connectivity index (χ1n) is 19.3. The Balaban J connectivity index is 0.00000264. The van der Waals surface area contributed by atoms with Crippen LogP contribution in [-0.4, -0.2) is 139 Å². The molecule has 4 fully saturated rings. The average molecular weight is 1040 g/mol. The molecule has 12 nitrogen and oxygen atoms in total. The molecule has 0 saturated carbocycles. The summed E-state index contributed by atoms with van der Waals surface area (Å²) < 4.78 is 80.7. The van der Waals surface area contributed by atoms with Crippen molar-refractivity contribution >= 4 is 82.7 Å². The number of hydrogen-bond donors (Lipinski definition) is 0. The Morgan fingerprint density at radius 2 is 1.90 bits per heavy atom. The number of carbonyl (C=O) groups excluding carboxylic acids is 1. The molecule has 2 aromatic carbocycles. The van der Waals surface area contributed by atoms with Crippen molar-refractivity contribution in [2.24, 2.45) is 0 Å². The van der Waals surface area contributed by atoms with Gasteiger partial charge in [0.25, 0.3) is 0 Å². The van der Waals surface area contributed by atoms with Gasteiger partial charge in [-0.1, -0.05) is 0 Å². The Kier molecular flexibility index (Phi) is 12.5. The summed E-state index contributed by atoms with van der Waals surface area (Å²) in [4.78, 5) is 34.1. The van der Waals surface area contributed by atoms with Crippen molar-refractivity contribution in [1.82, 2.24) is 24.8 Å². The van der Waals surface area contributed by atoms with Crippen molar-refractivity contribution in [3.05, 3.63) is 41.5 Å². The number of piperazine rings is 1. The molecular formula is C41H46F3N6O6PSTl-. The third kappa shape index (κ3) is 7.76. The largest absolute Gasteiger partial charge is 0.813 e. The SMILES string of the molecule is COCOc1cc(-c2nc3c4c(nc(OCC56CCCN5CC(F)C6)nc4c2F)N2CC4CCC(C2CO3)N4C(=O)OC(C)(C)C)c2c(C#[C][Tl])c(F)ccc2c1.P.[SH-]. The smallest absolute Gasteiger partial charge is 0.153 e. The van der Waals surface area contributed by atoms with Crippen LogP contribution in [0.25, 0.3) is 32.9 Å². The van der Waals surface area contributed by atoms with Crippen molar-refractivity contribution in [3.63, 3.8) is 0 Å². The third-order valence-corrected chi connectivity index (χ3v) is 12.4. The van der Waals surface area contributed by atoms with Crippen molar-refractivity contribution in [2.45, 2.75) is 88.3 Å². The minimum Gasteiger partial charge on any atom is -0.813 e. The van der Waals surface area contributed by atoms with E-state index in [1.165, 1.54) is 13.2 Å². The summed E-state index contributed by atoms with van der Waals surface area (Å²) in [5.74, 6) is 2.38. The Morgan fingerprint density at radius 3 is 2.66 bits per heavy atom. The number of benzene rings is 2. The molecule has 6 unspecified atom stereocenters. The van der Waals surface area contributed by atoms with Gasteiger partial charge in [0.05, 0.1) is 11.6 Å². The Labute approximate surface area is 366 Å². The zero-order valence-corrected chi connectivity index (χ0v) is 40.2. The minimum absolute atomic E-state index is 0. The third-order valence-electron chi connectivity index (χ3n) is 11.8. The molecule has 0 N–H and O–H groups in total. The molecule has 2 aromatic heterocycles. The zero-order chi connectivity index (χ0) is 39.8. The summed E-state index contributed by atoms with van der Waals surface area (Å²) in [6.07, 6.45) is 2.11. The van der Waals surface area contributed by atoms with Gasteiger partial charge in [-0.15, -0.1) is 0 Å². The van der Waals surface area contributed by atoms with Crippen LogP contribution in [0.2, 0.25) is 0 Å². The first-order valence-corrected chi connectivity index (χ1v) is 21.6. The Morgan fingerprint density at radius 1 is 1.08 bits per heavy atom. The van der Waals surface area contributed by atoms with Gasteiger partial charge in [-0.05, 0) is 53.0 Å². The molecule has 0 spiro atoms. The Bertz CT molecular complexity index is 2370. The molecule has 2 bridgehead atoms. The van der Waals surface area contributed by atoms with E-state index in [-0.39, 0.29) is 121 Å². The number of nitrogens with zero attached hydrogens (tertiary/aromatic N) is 6. The van der Waals surface area contributed by atoms with Gasteiger partial charge in [0.15, 0.2) is 0 Å². The van der Waals surface area contributed by atoms with Crippen LogP contribution in [0.5, 0.6) is 17.6 Å². The summed E-state index contributed by atoms with van der Waals surface area (Å²) in [5, 5.41) is 1.17. The fourth-order valence-corrected chi connectivity index (χ4v) is 10.1. The number of pyridine rings is 1. The van der Waals surface area contributed by atoms with Crippen molar-refractivity contribution in [2.75, 3.05) is 51.7 Å². The van der Waals surface area contributed by atoms with E-state index in [0.29, 0.717) is 48.3 Å². The van der Waals surface area contributed by atoms with Crippen LogP contribution in [0.1, 0.15) is 58.4 Å². The monoisotopic (exact) mass is 1040 g/mol. The van der Waals surface area contributed by atoms with Crippen LogP contribution in [0.4, 0.5) is 23.8 Å². The number of amides is 1. The van der Waals surface area contributed by atoms with Gasteiger partial charge in [0.1, 0.15) is 11.8 Å². The molecule has 7 heterocycles. The van der Waals surface area contributed by atoms with Gasteiger partial charge in [0.2, 0.25) is 0 Å². The molecule has 18 heteroatoms. The van der Waals surface area contributed by atoms with Crippen LogP contribution in [0.3, 0.4) is 0 Å². The van der Waals surface area contributed by atoms with Gasteiger partial charge in [0, 0.05) is 13.0 Å². The number of ether oxygens (including phenoxy) is 5. The number of hydrogen-bond acceptors (Lipinski definition) is 12. The number of methoxy groups -OCH3 is 1. The molecule has 59 heavy (non-hydrogen) atoms. The number of rotatable bonds is 7. The van der Waals surface area contributed by atoms with Crippen LogP contribution in [0.15, 0.2) is 24.3 Å². The number of aromatic nitrogens is 3. The number of carbonyl (C=O) groups is 1. The summed E-state index contributed by atoms with van der Waals surface area (Å²) in [6.45, 7) is 7.17. The first kappa shape index (κ1) is 43.7. The predicted molar refractivity (Wildman–Crippen MR) is 225 cm³/mol. The van der Waals surface area contributed by atoms with E-state index in [1.54, 1.807) is 18.2 Å². The van der Waals surface area contributed by atoms with E-state index >= 15 is 8.78 Å². The number of anilines is 1.